The van der Waals surface area contributed by atoms with Crippen molar-refractivity contribution in [2.24, 2.45) is 16.0 Å². The van der Waals surface area contributed by atoms with Crippen LogP contribution in [0, 0.1) is 12.8 Å². The molecule has 1 aromatic heterocycles. The lowest BCUT2D eigenvalue weighted by Gasteiger charge is -2.34. The Kier molecular flexibility index (Phi) is 5.30. The number of hydrogen-bond donors (Lipinski definition) is 1. The Hall–Kier alpha value is -3.30. The fourth-order valence-corrected chi connectivity index (χ4v) is 5.13. The number of benzene rings is 1. The van der Waals surface area contributed by atoms with Crippen molar-refractivity contribution in [1.82, 2.24) is 14.8 Å². The average molecular weight is 461 g/mol. The van der Waals surface area contributed by atoms with Gasteiger partial charge in [0.05, 0.1) is 24.6 Å². The molecule has 4 aliphatic rings. The third-order valence-corrected chi connectivity index (χ3v) is 7.06. The highest BCUT2D eigenvalue weighted by Crippen LogP contribution is 2.42. The van der Waals surface area contributed by atoms with Gasteiger partial charge in [-0.1, -0.05) is 17.7 Å². The molecule has 1 saturated carbocycles. The van der Waals surface area contributed by atoms with E-state index in [0.29, 0.717) is 19.0 Å². The van der Waals surface area contributed by atoms with Gasteiger partial charge in [0.1, 0.15) is 11.7 Å². The minimum absolute atomic E-state index is 0.154. The molecule has 9 heteroatoms. The molecule has 2 fully saturated rings. The number of nitrogens with one attached hydrogen (secondary N) is 1. The molecule has 1 spiro atoms. The maximum atomic E-state index is 13.3. The molecule has 34 heavy (non-hydrogen) atoms. The van der Waals surface area contributed by atoms with Crippen LogP contribution in [0.15, 0.2) is 52.7 Å². The standard InChI is InChI=1S/C25H28N6O3/c1-17-3-5-19(6-4-17)31-22(28-24(32)20-16-27-30-12-2-11-26-23(20)30)15-21(29-31)18-7-9-25(10-8-18)33-13-14-34-25/h2-6,11-12,15-16,18,20,23H,7-10,13-14H2,1H3,(H,28,32). The van der Waals surface area contributed by atoms with Crippen molar-refractivity contribution >= 4 is 24.2 Å². The number of aryl methyl sites for hydroxylation is 1. The van der Waals surface area contributed by atoms with Crippen LogP contribution < -0.4 is 5.32 Å². The van der Waals surface area contributed by atoms with E-state index in [9.17, 15) is 4.79 Å². The SMILES string of the molecule is Cc1ccc(-n2nc(C3CCC4(CC3)OCCO4)cc2NC(=O)C2C=NN3C=CC=NC23)cc1. The maximum Gasteiger partial charge on any atom is 0.238 e. The summed E-state index contributed by atoms with van der Waals surface area (Å²) in [5.74, 6) is -0.0939. The van der Waals surface area contributed by atoms with Crippen LogP contribution in [-0.2, 0) is 14.3 Å². The summed E-state index contributed by atoms with van der Waals surface area (Å²) in [6.07, 6.45) is 10.2. The minimum atomic E-state index is -0.475. The number of carbonyl (C=O) groups excluding carboxylic acids is 1. The molecule has 6 rings (SSSR count). The lowest BCUT2D eigenvalue weighted by molar-refractivity contribution is -0.178. The van der Waals surface area contributed by atoms with Crippen molar-refractivity contribution in [2.75, 3.05) is 18.5 Å². The summed E-state index contributed by atoms with van der Waals surface area (Å²) in [7, 11) is 0. The fraction of sp³-hybridized carbons (Fsp3) is 0.440. The quantitative estimate of drug-likeness (QED) is 0.755. The molecule has 1 saturated heterocycles. The van der Waals surface area contributed by atoms with Gasteiger partial charge >= 0.3 is 0 Å². The van der Waals surface area contributed by atoms with Crippen LogP contribution in [0.4, 0.5) is 5.82 Å². The van der Waals surface area contributed by atoms with E-state index in [2.05, 4.69) is 22.3 Å². The van der Waals surface area contributed by atoms with Gasteiger partial charge in [0.2, 0.25) is 5.91 Å². The van der Waals surface area contributed by atoms with E-state index in [1.54, 1.807) is 17.4 Å². The number of amides is 1. The number of aromatic nitrogens is 2. The first-order valence-corrected chi connectivity index (χ1v) is 11.9. The van der Waals surface area contributed by atoms with Gasteiger partial charge in [-0.15, -0.1) is 0 Å². The molecule has 0 radical (unpaired) electrons. The molecule has 3 aliphatic heterocycles. The molecule has 0 bridgehead atoms. The van der Waals surface area contributed by atoms with E-state index in [0.717, 1.165) is 37.1 Å². The number of fused-ring (bicyclic) bond motifs is 1. The molecule has 1 amide bonds. The van der Waals surface area contributed by atoms with Crippen molar-refractivity contribution < 1.29 is 14.3 Å². The van der Waals surface area contributed by atoms with Gasteiger partial charge in [-0.05, 0) is 38.0 Å². The third-order valence-electron chi connectivity index (χ3n) is 7.06. The van der Waals surface area contributed by atoms with Crippen LogP contribution in [0.5, 0.6) is 0 Å². The van der Waals surface area contributed by atoms with E-state index in [1.165, 1.54) is 5.56 Å². The normalized spacial score (nSPS) is 25.3. The molecule has 2 aromatic rings. The predicted octanol–water partition coefficient (Wildman–Crippen LogP) is 3.36. The average Bonchev–Trinajstić information content (AvgIpc) is 3.59. The number of anilines is 1. The van der Waals surface area contributed by atoms with Crippen molar-refractivity contribution in [1.29, 1.82) is 0 Å². The topological polar surface area (TPSA) is 93.3 Å². The second kappa shape index (κ2) is 8.48. The van der Waals surface area contributed by atoms with Gasteiger partial charge in [0.15, 0.2) is 12.0 Å². The molecule has 1 aliphatic carbocycles. The molecule has 2 atom stereocenters. The second-order valence-corrected chi connectivity index (χ2v) is 9.30. The minimum Gasteiger partial charge on any atom is -0.348 e. The number of hydrogen-bond acceptors (Lipinski definition) is 7. The molecular formula is C25H28N6O3. The van der Waals surface area contributed by atoms with E-state index >= 15 is 0 Å². The van der Waals surface area contributed by atoms with Crippen molar-refractivity contribution in [3.05, 3.63) is 53.9 Å². The molecule has 1 N–H and O–H groups in total. The van der Waals surface area contributed by atoms with Crippen molar-refractivity contribution in [3.63, 3.8) is 0 Å². The zero-order valence-electron chi connectivity index (χ0n) is 19.1. The predicted molar refractivity (Wildman–Crippen MR) is 128 cm³/mol. The first-order valence-electron chi connectivity index (χ1n) is 11.9. The molecule has 4 heterocycles. The van der Waals surface area contributed by atoms with Crippen LogP contribution in [-0.4, -0.2) is 58.3 Å². The van der Waals surface area contributed by atoms with Gasteiger partial charge in [-0.3, -0.25) is 9.79 Å². The number of allylic oxidation sites excluding steroid dienone is 1. The van der Waals surface area contributed by atoms with E-state index < -0.39 is 11.7 Å². The Labute approximate surface area is 198 Å². The summed E-state index contributed by atoms with van der Waals surface area (Å²) in [6.45, 7) is 3.40. The lowest BCUT2D eigenvalue weighted by atomic mass is 9.83. The first kappa shape index (κ1) is 21.2. The summed E-state index contributed by atoms with van der Waals surface area (Å²) in [4.78, 5) is 17.7. The van der Waals surface area contributed by atoms with Crippen LogP contribution in [0.3, 0.4) is 0 Å². The van der Waals surface area contributed by atoms with Crippen LogP contribution >= 0.6 is 0 Å². The zero-order chi connectivity index (χ0) is 23.1. The Bertz CT molecular complexity index is 1150. The highest BCUT2D eigenvalue weighted by molar-refractivity contribution is 6.03. The molecular weight excluding hydrogens is 432 g/mol. The van der Waals surface area contributed by atoms with Gasteiger partial charge in [-0.2, -0.15) is 10.2 Å². The zero-order valence-corrected chi connectivity index (χ0v) is 19.1. The Morgan fingerprint density at radius 1 is 1.15 bits per heavy atom. The van der Waals surface area contributed by atoms with E-state index in [-0.39, 0.29) is 18.0 Å². The monoisotopic (exact) mass is 460 g/mol. The molecule has 1 aromatic carbocycles. The number of rotatable bonds is 4. The van der Waals surface area contributed by atoms with Gasteiger partial charge in [0.25, 0.3) is 0 Å². The maximum absolute atomic E-state index is 13.3. The number of aliphatic imine (C=N–C) groups is 1. The number of hydrazone groups is 1. The lowest BCUT2D eigenvalue weighted by Crippen LogP contribution is -2.36. The number of ether oxygens (including phenoxy) is 2. The highest BCUT2D eigenvalue weighted by atomic mass is 16.7. The van der Waals surface area contributed by atoms with Gasteiger partial charge in [-0.25, -0.2) is 9.69 Å². The third kappa shape index (κ3) is 3.84. The Morgan fingerprint density at radius 3 is 2.68 bits per heavy atom. The van der Waals surface area contributed by atoms with Crippen molar-refractivity contribution in [3.8, 4) is 5.69 Å². The van der Waals surface area contributed by atoms with Crippen molar-refractivity contribution in [2.45, 2.75) is 50.5 Å². The van der Waals surface area contributed by atoms with Crippen LogP contribution in [0.1, 0.15) is 42.9 Å². The highest BCUT2D eigenvalue weighted by Gasteiger charge is 2.41. The van der Waals surface area contributed by atoms with Crippen LogP contribution in [0.2, 0.25) is 0 Å². The number of carbonyl (C=O) groups is 1. The summed E-state index contributed by atoms with van der Waals surface area (Å²) < 4.78 is 13.6. The van der Waals surface area contributed by atoms with E-state index in [1.807, 2.05) is 47.3 Å². The molecule has 9 nitrogen and oxygen atoms in total. The van der Waals surface area contributed by atoms with Crippen LogP contribution in [0.25, 0.3) is 5.69 Å². The number of nitrogens with zero attached hydrogens (tertiary/aromatic N) is 5. The Morgan fingerprint density at radius 2 is 1.91 bits per heavy atom. The smallest absolute Gasteiger partial charge is 0.238 e. The molecule has 2 unspecified atom stereocenters. The largest absolute Gasteiger partial charge is 0.348 e. The first-order chi connectivity index (χ1) is 16.6. The summed E-state index contributed by atoms with van der Waals surface area (Å²) >= 11 is 0. The summed E-state index contributed by atoms with van der Waals surface area (Å²) in [6, 6.07) is 10.1. The summed E-state index contributed by atoms with van der Waals surface area (Å²) in [5, 5.41) is 14.1. The molecule has 176 valence electrons. The van der Waals surface area contributed by atoms with E-state index in [4.69, 9.17) is 14.6 Å². The Balaban J connectivity index is 1.26. The van der Waals surface area contributed by atoms with Gasteiger partial charge < -0.3 is 14.8 Å². The van der Waals surface area contributed by atoms with Gasteiger partial charge in [0, 0.05) is 43.5 Å². The summed E-state index contributed by atoms with van der Waals surface area (Å²) in [5.41, 5.74) is 3.05. The second-order valence-electron chi connectivity index (χ2n) is 9.30. The fourth-order valence-electron chi connectivity index (χ4n) is 5.13.